The molecule has 38 heavy (non-hydrogen) atoms. The summed E-state index contributed by atoms with van der Waals surface area (Å²) in [7, 11) is 2.11. The van der Waals surface area contributed by atoms with E-state index in [1.807, 2.05) is 41.3 Å². The average Bonchev–Trinajstić information content (AvgIpc) is 2.97. The predicted molar refractivity (Wildman–Crippen MR) is 156 cm³/mol. The number of piperazine rings is 1. The summed E-state index contributed by atoms with van der Waals surface area (Å²) in [4.78, 5) is 29.0. The van der Waals surface area contributed by atoms with Gasteiger partial charge in [-0.15, -0.1) is 0 Å². The molecule has 0 unspecified atom stereocenters. The van der Waals surface area contributed by atoms with E-state index in [0.29, 0.717) is 16.4 Å². The Balaban J connectivity index is 1.13. The van der Waals surface area contributed by atoms with E-state index in [1.165, 1.54) is 37.7 Å². The molecule has 0 spiro atoms. The van der Waals surface area contributed by atoms with Crippen molar-refractivity contribution in [3.8, 4) is 0 Å². The van der Waals surface area contributed by atoms with Gasteiger partial charge < -0.3 is 9.80 Å². The van der Waals surface area contributed by atoms with Gasteiger partial charge in [0.2, 0.25) is 0 Å². The monoisotopic (exact) mass is 549 g/mol. The van der Waals surface area contributed by atoms with Crippen LogP contribution in [-0.2, 0) is 12.3 Å². The number of amides is 1. The topological polar surface area (TPSA) is 52.6 Å². The van der Waals surface area contributed by atoms with Crippen LogP contribution >= 0.6 is 23.4 Å². The molecule has 0 N–H and O–H groups in total. The van der Waals surface area contributed by atoms with Crippen LogP contribution in [0, 0.1) is 0 Å². The molecule has 2 fully saturated rings. The Morgan fingerprint density at radius 2 is 1.66 bits per heavy atom. The minimum absolute atomic E-state index is 0.108. The van der Waals surface area contributed by atoms with Crippen molar-refractivity contribution in [2.24, 2.45) is 0 Å². The highest BCUT2D eigenvalue weighted by molar-refractivity contribution is 7.98. The Bertz CT molecular complexity index is 1200. The molecule has 3 aromatic rings. The summed E-state index contributed by atoms with van der Waals surface area (Å²) in [6, 6.07) is 20.8. The molecule has 8 heteroatoms. The lowest BCUT2D eigenvalue weighted by molar-refractivity contribution is 0.0628. The molecule has 1 aromatic heterocycles. The average molecular weight is 550 g/mol. The summed E-state index contributed by atoms with van der Waals surface area (Å²) in [5.74, 6) is 1.72. The van der Waals surface area contributed by atoms with Gasteiger partial charge in [-0.25, -0.2) is 9.97 Å². The highest BCUT2D eigenvalue weighted by atomic mass is 35.5. The van der Waals surface area contributed by atoms with Crippen molar-refractivity contribution in [2.45, 2.75) is 55.6 Å². The van der Waals surface area contributed by atoms with Crippen molar-refractivity contribution in [1.29, 1.82) is 0 Å². The van der Waals surface area contributed by atoms with Crippen molar-refractivity contribution in [3.05, 3.63) is 82.5 Å². The van der Waals surface area contributed by atoms with Crippen molar-refractivity contribution >= 4 is 35.1 Å². The molecule has 5 rings (SSSR count). The lowest BCUT2D eigenvalue weighted by Crippen LogP contribution is -2.48. The quantitative estimate of drug-likeness (QED) is 0.191. The maximum absolute atomic E-state index is 13.1. The van der Waals surface area contributed by atoms with Crippen LogP contribution in [0.3, 0.4) is 0 Å². The van der Waals surface area contributed by atoms with Crippen molar-refractivity contribution in [1.82, 2.24) is 19.8 Å². The highest BCUT2D eigenvalue weighted by Crippen LogP contribution is 2.29. The second-order valence-electron chi connectivity index (χ2n) is 10.3. The molecule has 200 valence electrons. The molecule has 1 amide bonds. The highest BCUT2D eigenvalue weighted by Gasteiger charge is 2.23. The summed E-state index contributed by atoms with van der Waals surface area (Å²) in [6.07, 6.45) is 6.28. The summed E-state index contributed by atoms with van der Waals surface area (Å²) in [5, 5.41) is 1.16. The van der Waals surface area contributed by atoms with E-state index in [-0.39, 0.29) is 5.91 Å². The van der Waals surface area contributed by atoms with Crippen molar-refractivity contribution in [3.63, 3.8) is 0 Å². The molecule has 1 saturated carbocycles. The fraction of sp³-hybridized carbons (Fsp3) is 0.433. The maximum atomic E-state index is 13.1. The molecule has 2 aromatic carbocycles. The van der Waals surface area contributed by atoms with Gasteiger partial charge in [-0.2, -0.15) is 0 Å². The minimum Gasteiger partial charge on any atom is -0.357 e. The minimum atomic E-state index is 0.108. The van der Waals surface area contributed by atoms with Crippen LogP contribution < -0.4 is 4.90 Å². The number of carbonyl (C=O) groups is 1. The molecule has 0 bridgehead atoms. The zero-order valence-electron chi connectivity index (χ0n) is 22.1. The summed E-state index contributed by atoms with van der Waals surface area (Å²) < 4.78 is 0. The number of hydrogen-bond acceptors (Lipinski definition) is 6. The number of nitrogens with zero attached hydrogens (tertiary/aromatic N) is 5. The number of aromatic nitrogens is 2. The number of thioether (sulfide) groups is 1. The molecule has 0 atom stereocenters. The largest absolute Gasteiger partial charge is 0.357 e. The molecule has 1 aliphatic carbocycles. The summed E-state index contributed by atoms with van der Waals surface area (Å²) in [6.45, 7) is 4.24. The second kappa shape index (κ2) is 13.0. The van der Waals surface area contributed by atoms with Crippen LogP contribution in [-0.4, -0.2) is 64.9 Å². The molecule has 1 aliphatic heterocycles. The van der Waals surface area contributed by atoms with Gasteiger partial charge in [-0.05, 0) is 36.1 Å². The van der Waals surface area contributed by atoms with Gasteiger partial charge in [-0.3, -0.25) is 9.69 Å². The zero-order valence-corrected chi connectivity index (χ0v) is 23.6. The van der Waals surface area contributed by atoms with E-state index in [9.17, 15) is 4.79 Å². The van der Waals surface area contributed by atoms with Gasteiger partial charge in [0.25, 0.3) is 5.91 Å². The number of hydrogen-bond donors (Lipinski definition) is 0. The van der Waals surface area contributed by atoms with Crippen molar-refractivity contribution in [2.75, 3.05) is 38.1 Å². The third kappa shape index (κ3) is 7.07. The molecule has 2 heterocycles. The van der Waals surface area contributed by atoms with Gasteiger partial charge in [-0.1, -0.05) is 85.1 Å². The van der Waals surface area contributed by atoms with E-state index < -0.39 is 0 Å². The van der Waals surface area contributed by atoms with Crippen molar-refractivity contribution < 1.29 is 4.79 Å². The predicted octanol–water partition coefficient (Wildman–Crippen LogP) is 6.15. The summed E-state index contributed by atoms with van der Waals surface area (Å²) >= 11 is 7.93. The van der Waals surface area contributed by atoms with E-state index in [4.69, 9.17) is 16.6 Å². The Morgan fingerprint density at radius 1 is 0.947 bits per heavy atom. The van der Waals surface area contributed by atoms with E-state index in [2.05, 4.69) is 46.1 Å². The van der Waals surface area contributed by atoms with Crippen LogP contribution in [0.4, 0.5) is 5.82 Å². The number of anilines is 1. The second-order valence-corrected chi connectivity index (χ2v) is 11.6. The van der Waals surface area contributed by atoms with Crippen LogP contribution in [0.1, 0.15) is 53.6 Å². The lowest BCUT2D eigenvalue weighted by atomic mass is 9.94. The van der Waals surface area contributed by atoms with Gasteiger partial charge >= 0.3 is 0 Å². The zero-order chi connectivity index (χ0) is 26.3. The molecular weight excluding hydrogens is 514 g/mol. The standard InChI is InChI=1S/C30H36ClN5OS/c1-34(26-10-6-3-7-11-26)28-20-27(31)32-30(33-28)38-22-24-12-14-25(15-13-24)29(37)36-18-16-35(17-19-36)21-23-8-4-2-5-9-23/h2,4-5,8-9,12-15,20,26H,3,6-7,10-11,16-19,21-22H2,1H3. The van der Waals surface area contributed by atoms with E-state index in [0.717, 1.165) is 55.4 Å². The Morgan fingerprint density at radius 3 is 2.37 bits per heavy atom. The third-order valence-electron chi connectivity index (χ3n) is 7.62. The number of halogens is 1. The third-order valence-corrected chi connectivity index (χ3v) is 8.73. The Kier molecular flexibility index (Phi) is 9.20. The number of benzene rings is 2. The first-order valence-electron chi connectivity index (χ1n) is 13.6. The van der Waals surface area contributed by atoms with Gasteiger partial charge in [0.15, 0.2) is 5.16 Å². The lowest BCUT2D eigenvalue weighted by Gasteiger charge is -2.34. The van der Waals surface area contributed by atoms with Crippen LogP contribution in [0.5, 0.6) is 0 Å². The maximum Gasteiger partial charge on any atom is 0.253 e. The van der Waals surface area contributed by atoms with Gasteiger partial charge in [0.1, 0.15) is 11.0 Å². The molecule has 1 saturated heterocycles. The number of carbonyl (C=O) groups excluding carboxylic acids is 1. The smallest absolute Gasteiger partial charge is 0.253 e. The molecule has 0 radical (unpaired) electrons. The van der Waals surface area contributed by atoms with E-state index in [1.54, 1.807) is 11.8 Å². The van der Waals surface area contributed by atoms with Crippen LogP contribution in [0.15, 0.2) is 65.8 Å². The number of rotatable bonds is 8. The first kappa shape index (κ1) is 27.0. The molecule has 6 nitrogen and oxygen atoms in total. The van der Waals surface area contributed by atoms with Crippen LogP contribution in [0.2, 0.25) is 5.15 Å². The van der Waals surface area contributed by atoms with E-state index >= 15 is 0 Å². The van der Waals surface area contributed by atoms with Crippen LogP contribution in [0.25, 0.3) is 0 Å². The molecule has 2 aliphatic rings. The normalized spacial score (nSPS) is 16.9. The van der Waals surface area contributed by atoms with Gasteiger partial charge in [0, 0.05) is 63.2 Å². The molecular formula is C30H36ClN5OS. The van der Waals surface area contributed by atoms with Gasteiger partial charge in [0.05, 0.1) is 0 Å². The Labute approximate surface area is 235 Å². The fourth-order valence-electron chi connectivity index (χ4n) is 5.31. The first-order valence-corrected chi connectivity index (χ1v) is 15.0. The summed E-state index contributed by atoms with van der Waals surface area (Å²) in [5.41, 5.74) is 3.19. The SMILES string of the molecule is CN(c1cc(Cl)nc(SCc2ccc(C(=O)N3CCN(Cc4ccccc4)CC3)cc2)n1)C1CCCCC1. The first-order chi connectivity index (χ1) is 18.5. The fourth-order valence-corrected chi connectivity index (χ4v) is 6.35. The Hall–Kier alpha value is -2.61.